The molecule has 2 aliphatic heterocycles. The van der Waals surface area contributed by atoms with Crippen molar-refractivity contribution >= 4 is 5.78 Å². The molecular weight excluding hydrogens is 260 g/mol. The highest BCUT2D eigenvalue weighted by atomic mass is 19.2. The second kappa shape index (κ2) is 4.92. The zero-order chi connectivity index (χ0) is 14.4. The van der Waals surface area contributed by atoms with Crippen molar-refractivity contribution in [3.63, 3.8) is 0 Å². The van der Waals surface area contributed by atoms with Crippen molar-refractivity contribution in [2.24, 2.45) is 5.92 Å². The predicted molar refractivity (Wildman–Crippen MR) is 72.7 cm³/mol. The average molecular weight is 279 g/mol. The van der Waals surface area contributed by atoms with E-state index >= 15 is 0 Å². The quantitative estimate of drug-likeness (QED) is 0.774. The maximum Gasteiger partial charge on any atom is 0.166 e. The largest absolute Gasteiger partial charge is 0.300 e. The van der Waals surface area contributed by atoms with Crippen LogP contribution in [0.5, 0.6) is 0 Å². The van der Waals surface area contributed by atoms with E-state index in [2.05, 4.69) is 11.9 Å². The molecule has 108 valence electrons. The maximum absolute atomic E-state index is 13.6. The van der Waals surface area contributed by atoms with E-state index in [1.54, 1.807) is 0 Å². The van der Waals surface area contributed by atoms with E-state index < -0.39 is 11.6 Å². The zero-order valence-corrected chi connectivity index (χ0v) is 11.8. The minimum Gasteiger partial charge on any atom is -0.300 e. The van der Waals surface area contributed by atoms with Crippen LogP contribution in [0.25, 0.3) is 0 Å². The highest BCUT2D eigenvalue weighted by Crippen LogP contribution is 2.39. The minimum absolute atomic E-state index is 0.0219. The Hall–Kier alpha value is -1.29. The Bertz CT molecular complexity index is 544. The summed E-state index contributed by atoms with van der Waals surface area (Å²) in [5.74, 6) is -1.85. The molecule has 3 rings (SSSR count). The number of rotatable bonds is 2. The van der Waals surface area contributed by atoms with Crippen molar-refractivity contribution in [2.45, 2.75) is 44.7 Å². The Kier molecular flexibility index (Phi) is 3.36. The Labute approximate surface area is 117 Å². The molecule has 4 heteroatoms. The second-order valence-electron chi connectivity index (χ2n) is 6.12. The second-order valence-corrected chi connectivity index (χ2v) is 6.12. The summed E-state index contributed by atoms with van der Waals surface area (Å²) in [6, 6.07) is 3.41. The van der Waals surface area contributed by atoms with Crippen LogP contribution < -0.4 is 0 Å². The Morgan fingerprint density at radius 3 is 2.40 bits per heavy atom. The molecule has 20 heavy (non-hydrogen) atoms. The molecule has 2 heterocycles. The van der Waals surface area contributed by atoms with E-state index in [-0.39, 0.29) is 17.3 Å². The molecule has 0 radical (unpaired) electrons. The fourth-order valence-corrected chi connectivity index (χ4v) is 3.76. The first-order valence-corrected chi connectivity index (χ1v) is 7.19. The molecule has 1 aromatic carbocycles. The van der Waals surface area contributed by atoms with Gasteiger partial charge in [0.25, 0.3) is 0 Å². The molecule has 0 aliphatic carbocycles. The lowest BCUT2D eigenvalue weighted by atomic mass is 9.84. The molecule has 2 saturated heterocycles. The number of Topliss-reactive ketones (excluding diaryl/α,β-unsaturated/α-hetero) is 1. The first-order valence-electron chi connectivity index (χ1n) is 7.19. The van der Waals surface area contributed by atoms with Gasteiger partial charge in [-0.15, -0.1) is 0 Å². The first kappa shape index (κ1) is 13.7. The van der Waals surface area contributed by atoms with Crippen molar-refractivity contribution in [2.75, 3.05) is 7.05 Å². The van der Waals surface area contributed by atoms with E-state index in [9.17, 15) is 13.6 Å². The highest BCUT2D eigenvalue weighted by molar-refractivity contribution is 5.99. The third kappa shape index (κ3) is 2.06. The number of benzene rings is 1. The van der Waals surface area contributed by atoms with Gasteiger partial charge < -0.3 is 4.90 Å². The number of halogens is 2. The van der Waals surface area contributed by atoms with E-state index in [0.717, 1.165) is 31.7 Å². The van der Waals surface area contributed by atoms with Crippen molar-refractivity contribution < 1.29 is 13.6 Å². The Morgan fingerprint density at radius 1 is 1.20 bits per heavy atom. The lowest BCUT2D eigenvalue weighted by Crippen LogP contribution is -2.42. The zero-order valence-electron chi connectivity index (χ0n) is 11.8. The minimum atomic E-state index is -0.897. The van der Waals surface area contributed by atoms with Gasteiger partial charge in [0.15, 0.2) is 17.4 Å². The number of carbonyl (C=O) groups excluding carboxylic acids is 1. The third-order valence-corrected chi connectivity index (χ3v) is 5.07. The van der Waals surface area contributed by atoms with Gasteiger partial charge in [0.05, 0.1) is 0 Å². The number of carbonyl (C=O) groups is 1. The number of piperidine rings is 1. The van der Waals surface area contributed by atoms with Gasteiger partial charge in [0.1, 0.15) is 0 Å². The van der Waals surface area contributed by atoms with Crippen LogP contribution in [0.1, 0.15) is 41.6 Å². The summed E-state index contributed by atoms with van der Waals surface area (Å²) in [5.41, 5.74) is 0.485. The van der Waals surface area contributed by atoms with Gasteiger partial charge >= 0.3 is 0 Å². The summed E-state index contributed by atoms with van der Waals surface area (Å²) in [6.07, 6.45) is 3.96. The predicted octanol–water partition coefficient (Wildman–Crippen LogP) is 3.33. The standard InChI is InChI=1S/C16H19F2NO/c1-9-13(5-6-14(17)15(9)18)16(20)10-7-11-3-4-12(8-10)19(11)2/h5-6,10-12H,3-4,7-8H2,1-2H3. The van der Waals surface area contributed by atoms with Crippen LogP contribution in [0.3, 0.4) is 0 Å². The average Bonchev–Trinajstić information content (AvgIpc) is 2.66. The van der Waals surface area contributed by atoms with Crippen LogP contribution in [0.2, 0.25) is 0 Å². The fraction of sp³-hybridized carbons (Fsp3) is 0.562. The molecule has 0 spiro atoms. The summed E-state index contributed by atoms with van der Waals surface area (Å²) >= 11 is 0. The van der Waals surface area contributed by atoms with Crippen molar-refractivity contribution in [3.05, 3.63) is 34.9 Å². The van der Waals surface area contributed by atoms with Crippen molar-refractivity contribution in [3.8, 4) is 0 Å². The SMILES string of the molecule is Cc1c(C(=O)C2CC3CCC(C2)N3C)ccc(F)c1F. The summed E-state index contributed by atoms with van der Waals surface area (Å²) in [6.45, 7) is 1.48. The molecule has 0 saturated carbocycles. The van der Waals surface area contributed by atoms with Gasteiger partial charge in [-0.1, -0.05) is 0 Å². The summed E-state index contributed by atoms with van der Waals surface area (Å²) in [7, 11) is 2.12. The highest BCUT2D eigenvalue weighted by Gasteiger charge is 2.41. The Morgan fingerprint density at radius 2 is 1.80 bits per heavy atom. The molecule has 0 N–H and O–H groups in total. The van der Waals surface area contributed by atoms with Crippen LogP contribution in [-0.2, 0) is 0 Å². The van der Waals surface area contributed by atoms with E-state index in [1.165, 1.54) is 13.0 Å². The van der Waals surface area contributed by atoms with Gasteiger partial charge in [-0.25, -0.2) is 8.78 Å². The van der Waals surface area contributed by atoms with Gasteiger partial charge in [0, 0.05) is 23.6 Å². The molecule has 2 unspecified atom stereocenters. The van der Waals surface area contributed by atoms with Crippen LogP contribution in [0.15, 0.2) is 12.1 Å². The molecule has 0 amide bonds. The topological polar surface area (TPSA) is 20.3 Å². The van der Waals surface area contributed by atoms with Crippen LogP contribution in [0.4, 0.5) is 8.78 Å². The molecule has 2 aliphatic rings. The normalized spacial score (nSPS) is 29.7. The monoisotopic (exact) mass is 279 g/mol. The van der Waals surface area contributed by atoms with Crippen LogP contribution in [-0.4, -0.2) is 29.8 Å². The summed E-state index contributed by atoms with van der Waals surface area (Å²) in [4.78, 5) is 15.0. The first-order chi connectivity index (χ1) is 9.49. The number of ketones is 1. The molecule has 2 atom stereocenters. The van der Waals surface area contributed by atoms with Crippen molar-refractivity contribution in [1.82, 2.24) is 4.90 Å². The van der Waals surface area contributed by atoms with E-state index in [1.807, 2.05) is 0 Å². The van der Waals surface area contributed by atoms with Gasteiger partial charge in [-0.3, -0.25) is 4.79 Å². The van der Waals surface area contributed by atoms with E-state index in [4.69, 9.17) is 0 Å². The van der Waals surface area contributed by atoms with Gasteiger partial charge in [-0.2, -0.15) is 0 Å². The molecular formula is C16H19F2NO. The lowest BCUT2D eigenvalue weighted by molar-refractivity contribution is 0.0766. The summed E-state index contributed by atoms with van der Waals surface area (Å²) < 4.78 is 26.8. The summed E-state index contributed by atoms with van der Waals surface area (Å²) in [5, 5.41) is 0. The lowest BCUT2D eigenvalue weighted by Gasteiger charge is -2.35. The third-order valence-electron chi connectivity index (χ3n) is 5.07. The van der Waals surface area contributed by atoms with Gasteiger partial charge in [0.2, 0.25) is 0 Å². The molecule has 1 aromatic rings. The molecule has 2 fully saturated rings. The number of hydrogen-bond acceptors (Lipinski definition) is 2. The smallest absolute Gasteiger partial charge is 0.166 e. The van der Waals surface area contributed by atoms with Crippen molar-refractivity contribution in [1.29, 1.82) is 0 Å². The molecule has 0 aromatic heterocycles. The van der Waals surface area contributed by atoms with E-state index in [0.29, 0.717) is 17.6 Å². The molecule has 2 nitrogen and oxygen atoms in total. The number of fused-ring (bicyclic) bond motifs is 2. The Balaban J connectivity index is 1.85. The van der Waals surface area contributed by atoms with Crippen LogP contribution >= 0.6 is 0 Å². The van der Waals surface area contributed by atoms with Gasteiger partial charge in [-0.05, 0) is 57.4 Å². The fourth-order valence-electron chi connectivity index (χ4n) is 3.76. The number of nitrogens with zero attached hydrogens (tertiary/aromatic N) is 1. The maximum atomic E-state index is 13.6. The van der Waals surface area contributed by atoms with Crippen LogP contribution in [0, 0.1) is 24.5 Å². The molecule has 2 bridgehead atoms. The number of hydrogen-bond donors (Lipinski definition) is 0.